The van der Waals surface area contributed by atoms with Crippen molar-refractivity contribution < 1.29 is 36.2 Å². The number of ether oxygens (including phenoxy) is 2. The van der Waals surface area contributed by atoms with Crippen molar-refractivity contribution in [3.63, 3.8) is 0 Å². The Morgan fingerprint density at radius 1 is 1.03 bits per heavy atom. The highest BCUT2D eigenvalue weighted by Gasteiger charge is 2.39. The fourth-order valence-electron chi connectivity index (χ4n) is 3.57. The highest BCUT2D eigenvalue weighted by atomic mass is 19.2. The zero-order chi connectivity index (χ0) is 23.2. The predicted molar refractivity (Wildman–Crippen MR) is 101 cm³/mol. The van der Waals surface area contributed by atoms with Gasteiger partial charge in [-0.15, -0.1) is 0 Å². The standard InChI is InChI=1S/C22H13F5N2O3/c1-31-20-12(21(30)32-19-17(26)15(24)14(23)16(25)18(19)27)7-10-3-4-11(8-13(10)29-20)22(9-28)5-2-6-22/h3-4,7-8H,2,5-6H2,1H3. The molecule has 0 atom stereocenters. The van der Waals surface area contributed by atoms with Gasteiger partial charge in [-0.1, -0.05) is 12.1 Å². The van der Waals surface area contributed by atoms with Crippen molar-refractivity contribution in [2.75, 3.05) is 7.11 Å². The number of carbonyl (C=O) groups is 1. The lowest BCUT2D eigenvalue weighted by molar-refractivity contribution is 0.0712. The molecule has 1 aliphatic carbocycles. The van der Waals surface area contributed by atoms with Gasteiger partial charge in [-0.25, -0.2) is 22.9 Å². The molecule has 0 spiro atoms. The van der Waals surface area contributed by atoms with E-state index >= 15 is 0 Å². The SMILES string of the molecule is COc1nc2cc(C3(C#N)CCC3)ccc2cc1C(=O)Oc1c(F)c(F)c(F)c(F)c1F. The van der Waals surface area contributed by atoms with Gasteiger partial charge in [0, 0.05) is 5.39 Å². The Morgan fingerprint density at radius 2 is 1.66 bits per heavy atom. The minimum Gasteiger partial charge on any atom is -0.480 e. The van der Waals surface area contributed by atoms with Gasteiger partial charge in [-0.05, 0) is 37.0 Å². The largest absolute Gasteiger partial charge is 0.480 e. The summed E-state index contributed by atoms with van der Waals surface area (Å²) in [6.45, 7) is 0. The quantitative estimate of drug-likeness (QED) is 0.183. The Hall–Kier alpha value is -3.74. The van der Waals surface area contributed by atoms with Crippen LogP contribution < -0.4 is 9.47 Å². The number of carbonyl (C=O) groups excluding carboxylic acids is 1. The smallest absolute Gasteiger partial charge is 0.349 e. The second-order valence-electron chi connectivity index (χ2n) is 7.29. The number of pyridine rings is 1. The van der Waals surface area contributed by atoms with E-state index in [0.717, 1.165) is 12.0 Å². The maximum Gasteiger partial charge on any atom is 0.349 e. The third-order valence-corrected chi connectivity index (χ3v) is 5.53. The lowest BCUT2D eigenvalue weighted by Crippen LogP contribution is -2.32. The van der Waals surface area contributed by atoms with Gasteiger partial charge in [0.1, 0.15) is 5.56 Å². The van der Waals surface area contributed by atoms with Crippen LogP contribution in [0.3, 0.4) is 0 Å². The molecule has 1 aliphatic rings. The van der Waals surface area contributed by atoms with Crippen molar-refractivity contribution in [2.45, 2.75) is 24.7 Å². The van der Waals surface area contributed by atoms with Crippen LogP contribution in [0.15, 0.2) is 24.3 Å². The molecule has 32 heavy (non-hydrogen) atoms. The Kier molecular flexibility index (Phi) is 5.20. The first-order chi connectivity index (χ1) is 15.2. The van der Waals surface area contributed by atoms with Gasteiger partial charge in [-0.2, -0.15) is 14.0 Å². The van der Waals surface area contributed by atoms with Crippen LogP contribution in [0.1, 0.15) is 35.2 Å². The van der Waals surface area contributed by atoms with Gasteiger partial charge in [-0.3, -0.25) is 0 Å². The molecule has 0 unspecified atom stereocenters. The fourth-order valence-corrected chi connectivity index (χ4v) is 3.57. The Labute approximate surface area is 178 Å². The van der Waals surface area contributed by atoms with Crippen LogP contribution in [0.4, 0.5) is 22.0 Å². The average Bonchev–Trinajstić information content (AvgIpc) is 2.77. The Balaban J connectivity index is 1.75. The van der Waals surface area contributed by atoms with E-state index < -0.39 is 51.8 Å². The van der Waals surface area contributed by atoms with E-state index in [1.54, 1.807) is 18.2 Å². The zero-order valence-corrected chi connectivity index (χ0v) is 16.4. The van der Waals surface area contributed by atoms with E-state index in [-0.39, 0.29) is 5.88 Å². The minimum atomic E-state index is -2.37. The molecule has 0 saturated heterocycles. The van der Waals surface area contributed by atoms with Crippen molar-refractivity contribution >= 4 is 16.9 Å². The van der Waals surface area contributed by atoms with Gasteiger partial charge in [0.2, 0.25) is 40.7 Å². The van der Waals surface area contributed by atoms with Crippen molar-refractivity contribution in [3.8, 4) is 17.7 Å². The summed E-state index contributed by atoms with van der Waals surface area (Å²) in [6.07, 6.45) is 2.34. The molecule has 10 heteroatoms. The summed E-state index contributed by atoms with van der Waals surface area (Å²) in [7, 11) is 1.18. The lowest BCUT2D eigenvalue weighted by atomic mass is 9.65. The minimum absolute atomic E-state index is 0.289. The molecule has 2 aromatic carbocycles. The fraction of sp³-hybridized carbons (Fsp3) is 0.227. The number of hydrogen-bond acceptors (Lipinski definition) is 5. The van der Waals surface area contributed by atoms with E-state index in [1.165, 1.54) is 13.2 Å². The second-order valence-corrected chi connectivity index (χ2v) is 7.29. The third kappa shape index (κ3) is 3.21. The molecule has 1 aromatic heterocycles. The van der Waals surface area contributed by atoms with Crippen LogP contribution in [0.2, 0.25) is 0 Å². The molecule has 0 N–H and O–H groups in total. The third-order valence-electron chi connectivity index (χ3n) is 5.53. The molecule has 0 bridgehead atoms. The molecule has 1 fully saturated rings. The van der Waals surface area contributed by atoms with Crippen molar-refractivity contribution in [3.05, 3.63) is 64.5 Å². The first-order valence-electron chi connectivity index (χ1n) is 9.36. The Bertz CT molecular complexity index is 1290. The summed E-state index contributed by atoms with van der Waals surface area (Å²) in [5.74, 6) is -14.9. The van der Waals surface area contributed by atoms with Crippen LogP contribution in [0.5, 0.6) is 11.6 Å². The molecule has 1 saturated carbocycles. The zero-order valence-electron chi connectivity index (χ0n) is 16.4. The van der Waals surface area contributed by atoms with Crippen LogP contribution in [0, 0.1) is 40.4 Å². The van der Waals surface area contributed by atoms with E-state index in [1.807, 2.05) is 0 Å². The van der Waals surface area contributed by atoms with E-state index in [4.69, 9.17) is 4.74 Å². The number of hydrogen-bond donors (Lipinski definition) is 0. The maximum atomic E-state index is 13.9. The van der Waals surface area contributed by atoms with Gasteiger partial charge in [0.25, 0.3) is 0 Å². The van der Waals surface area contributed by atoms with E-state index in [0.29, 0.717) is 23.7 Å². The summed E-state index contributed by atoms with van der Waals surface area (Å²) in [6, 6.07) is 8.55. The normalized spacial score (nSPS) is 14.5. The van der Waals surface area contributed by atoms with E-state index in [2.05, 4.69) is 15.8 Å². The molecular weight excluding hydrogens is 435 g/mol. The van der Waals surface area contributed by atoms with Crippen molar-refractivity contribution in [2.24, 2.45) is 0 Å². The topological polar surface area (TPSA) is 72.2 Å². The summed E-state index contributed by atoms with van der Waals surface area (Å²) < 4.78 is 77.3. The summed E-state index contributed by atoms with van der Waals surface area (Å²) in [5, 5.41) is 9.94. The number of halogens is 5. The van der Waals surface area contributed by atoms with Crippen LogP contribution in [-0.2, 0) is 5.41 Å². The monoisotopic (exact) mass is 448 g/mol. The highest BCUT2D eigenvalue weighted by molar-refractivity contribution is 5.97. The van der Waals surface area contributed by atoms with Crippen LogP contribution in [0.25, 0.3) is 10.9 Å². The van der Waals surface area contributed by atoms with Gasteiger partial charge in [0.05, 0.1) is 24.1 Å². The molecule has 5 nitrogen and oxygen atoms in total. The molecule has 1 heterocycles. The molecule has 164 valence electrons. The molecule has 3 aromatic rings. The Morgan fingerprint density at radius 3 is 2.19 bits per heavy atom. The number of nitriles is 1. The van der Waals surface area contributed by atoms with E-state index in [9.17, 15) is 32.0 Å². The summed E-state index contributed by atoms with van der Waals surface area (Å²) >= 11 is 0. The molecular formula is C22H13F5N2O3. The second kappa shape index (κ2) is 7.75. The van der Waals surface area contributed by atoms with Crippen LogP contribution in [-0.4, -0.2) is 18.1 Å². The number of benzene rings is 2. The van der Waals surface area contributed by atoms with Gasteiger partial charge in [0.15, 0.2) is 0 Å². The molecule has 0 aliphatic heterocycles. The number of nitrogens with zero attached hydrogens (tertiary/aromatic N) is 2. The maximum absolute atomic E-state index is 13.9. The molecule has 0 radical (unpaired) electrons. The summed E-state index contributed by atoms with van der Waals surface area (Å²) in [4.78, 5) is 16.7. The number of rotatable bonds is 4. The number of methoxy groups -OCH3 is 1. The number of fused-ring (bicyclic) bond motifs is 1. The lowest BCUT2D eigenvalue weighted by Gasteiger charge is -2.35. The average molecular weight is 448 g/mol. The first kappa shape index (κ1) is 21.5. The summed E-state index contributed by atoms with van der Waals surface area (Å²) in [5.41, 5.74) is 0.140. The van der Waals surface area contributed by atoms with Gasteiger partial charge < -0.3 is 9.47 Å². The van der Waals surface area contributed by atoms with Gasteiger partial charge >= 0.3 is 5.97 Å². The highest BCUT2D eigenvalue weighted by Crippen LogP contribution is 2.44. The number of aromatic nitrogens is 1. The predicted octanol–water partition coefficient (Wildman–Crippen LogP) is 5.10. The van der Waals surface area contributed by atoms with Crippen molar-refractivity contribution in [1.82, 2.24) is 4.98 Å². The number of esters is 1. The molecule has 4 rings (SSSR count). The molecule has 0 amide bonds. The van der Waals surface area contributed by atoms with Crippen molar-refractivity contribution in [1.29, 1.82) is 5.26 Å². The van der Waals surface area contributed by atoms with Crippen LogP contribution >= 0.6 is 0 Å². The first-order valence-corrected chi connectivity index (χ1v) is 9.36.